The van der Waals surface area contributed by atoms with E-state index in [1.807, 2.05) is 0 Å². The Morgan fingerprint density at radius 2 is 0.744 bits per heavy atom. The molecule has 78 heavy (non-hydrogen) atoms. The molecule has 3 heteroatoms. The van der Waals surface area contributed by atoms with Crippen LogP contribution in [0.1, 0.15) is 51.7 Å². The Labute approximate surface area is 457 Å². The van der Waals surface area contributed by atoms with Crippen molar-refractivity contribution in [3.05, 3.63) is 278 Å². The molecule has 0 unspecified atom stereocenters. The Kier molecular flexibility index (Phi) is 12.3. The third kappa shape index (κ3) is 9.07. The second-order valence-corrected chi connectivity index (χ2v) is 22.0. The highest BCUT2D eigenvalue weighted by atomic mass is 16.3. The number of hydrogen-bond acceptors (Lipinski definition) is 3. The van der Waals surface area contributed by atoms with E-state index >= 15 is 0 Å². The quantitative estimate of drug-likeness (QED) is 0.129. The topological polar surface area (TPSA) is 19.6 Å². The van der Waals surface area contributed by atoms with E-state index in [1.165, 1.54) is 27.8 Å². The minimum Gasteiger partial charge on any atom is -0.456 e. The molecule has 1 aromatic heterocycles. The average molecular weight is 1010 g/mol. The highest BCUT2D eigenvalue weighted by molar-refractivity contribution is 6.14. The zero-order chi connectivity index (χ0) is 52.9. The van der Waals surface area contributed by atoms with Crippen LogP contribution in [0.25, 0.3) is 88.0 Å². The smallest absolute Gasteiger partial charge is 0.136 e. The van der Waals surface area contributed by atoms with Gasteiger partial charge in [0.25, 0.3) is 0 Å². The van der Waals surface area contributed by atoms with Gasteiger partial charge in [-0.25, -0.2) is 0 Å². The van der Waals surface area contributed by atoms with Gasteiger partial charge in [-0.15, -0.1) is 0 Å². The molecule has 3 nitrogen and oxygen atoms in total. The first-order chi connectivity index (χ1) is 38.1. The lowest BCUT2D eigenvalue weighted by molar-refractivity contribution is 0.590. The standard InChI is InChI=1S/C75H60N2O/c1-50(2)51-31-33-54(34-32-51)67-27-14-17-30-72(67)77(71-29-16-13-25-65(71)53-21-10-7-11-22-53)64-42-38-58-47-69-68-46-57-37-41-63(44-59(57)48-73(68)78-74(69)49-60(58)45-64)76(62-24-18-23-56(43-62)52-19-8-6-9-20-52)70-28-15-12-26-66(70)55-35-39-61(40-36-55)75(3,4)5/h6-50H,1-5H3. The normalized spacial score (nSPS) is 11.8. The summed E-state index contributed by atoms with van der Waals surface area (Å²) in [5, 5.41) is 6.71. The molecule has 0 atom stereocenters. The molecule has 376 valence electrons. The minimum atomic E-state index is 0.0578. The van der Waals surface area contributed by atoms with Crippen molar-refractivity contribution in [3.8, 4) is 44.5 Å². The summed E-state index contributed by atoms with van der Waals surface area (Å²) in [6, 6.07) is 97.6. The third-order valence-electron chi connectivity index (χ3n) is 15.6. The van der Waals surface area contributed by atoms with E-state index in [4.69, 9.17) is 4.42 Å². The molecule has 0 fully saturated rings. The highest BCUT2D eigenvalue weighted by Crippen LogP contribution is 2.47. The Bertz CT molecular complexity index is 4320. The maximum atomic E-state index is 6.94. The fourth-order valence-electron chi connectivity index (χ4n) is 11.4. The fraction of sp³-hybridized carbons (Fsp3) is 0.0933. The monoisotopic (exact) mass is 1000 g/mol. The van der Waals surface area contributed by atoms with Gasteiger partial charge in [0.05, 0.1) is 17.1 Å². The summed E-state index contributed by atoms with van der Waals surface area (Å²) in [4.78, 5) is 4.84. The Hall–Kier alpha value is -9.44. The van der Waals surface area contributed by atoms with Gasteiger partial charge in [-0.3, -0.25) is 0 Å². The summed E-state index contributed by atoms with van der Waals surface area (Å²) < 4.78 is 6.94. The van der Waals surface area contributed by atoms with Gasteiger partial charge >= 0.3 is 0 Å². The van der Waals surface area contributed by atoms with Gasteiger partial charge in [0.1, 0.15) is 11.2 Å². The van der Waals surface area contributed by atoms with Crippen LogP contribution in [0.3, 0.4) is 0 Å². The maximum Gasteiger partial charge on any atom is 0.136 e. The lowest BCUT2D eigenvalue weighted by atomic mass is 9.86. The van der Waals surface area contributed by atoms with Gasteiger partial charge in [0.15, 0.2) is 0 Å². The third-order valence-corrected chi connectivity index (χ3v) is 15.6. The second-order valence-electron chi connectivity index (χ2n) is 22.0. The van der Waals surface area contributed by atoms with Crippen molar-refractivity contribution in [1.29, 1.82) is 0 Å². The first-order valence-corrected chi connectivity index (χ1v) is 27.2. The number of fused-ring (bicyclic) bond motifs is 5. The molecule has 0 aliphatic rings. The molecular weight excluding hydrogens is 945 g/mol. The van der Waals surface area contributed by atoms with Crippen LogP contribution in [0.4, 0.5) is 34.1 Å². The lowest BCUT2D eigenvalue weighted by Crippen LogP contribution is -2.12. The lowest BCUT2D eigenvalue weighted by Gasteiger charge is -2.30. The van der Waals surface area contributed by atoms with Gasteiger partial charge in [-0.2, -0.15) is 0 Å². The molecule has 0 aliphatic carbocycles. The number of benzene rings is 12. The van der Waals surface area contributed by atoms with E-state index in [0.717, 1.165) is 105 Å². The molecule has 13 rings (SSSR count). The minimum absolute atomic E-state index is 0.0578. The molecular formula is C75H60N2O. The number of furan rings is 1. The first kappa shape index (κ1) is 48.2. The number of hydrogen-bond donors (Lipinski definition) is 0. The molecule has 13 aromatic rings. The van der Waals surface area contributed by atoms with Gasteiger partial charge in [0.2, 0.25) is 0 Å². The summed E-state index contributed by atoms with van der Waals surface area (Å²) in [6.45, 7) is 11.3. The maximum absolute atomic E-state index is 6.94. The molecule has 0 amide bonds. The Morgan fingerprint density at radius 1 is 0.321 bits per heavy atom. The van der Waals surface area contributed by atoms with Crippen LogP contribution in [-0.2, 0) is 5.41 Å². The van der Waals surface area contributed by atoms with Crippen LogP contribution in [0.5, 0.6) is 0 Å². The molecule has 0 aliphatic heterocycles. The molecule has 0 saturated heterocycles. The van der Waals surface area contributed by atoms with Crippen LogP contribution in [0.2, 0.25) is 0 Å². The van der Waals surface area contributed by atoms with Gasteiger partial charge in [-0.1, -0.05) is 223 Å². The number of rotatable bonds is 11. The highest BCUT2D eigenvalue weighted by Gasteiger charge is 2.23. The van der Waals surface area contributed by atoms with Crippen molar-refractivity contribution in [2.45, 2.75) is 46.0 Å². The van der Waals surface area contributed by atoms with E-state index in [0.29, 0.717) is 5.92 Å². The number of anilines is 6. The zero-order valence-corrected chi connectivity index (χ0v) is 44.8. The largest absolute Gasteiger partial charge is 0.456 e. The fourth-order valence-corrected chi connectivity index (χ4v) is 11.4. The molecule has 0 radical (unpaired) electrons. The van der Waals surface area contributed by atoms with E-state index in [9.17, 15) is 0 Å². The number of para-hydroxylation sites is 3. The molecule has 0 N–H and O–H groups in total. The summed E-state index contributed by atoms with van der Waals surface area (Å²) in [7, 11) is 0. The molecule has 12 aromatic carbocycles. The van der Waals surface area contributed by atoms with Gasteiger partial charge in [-0.05, 0) is 151 Å². The van der Waals surface area contributed by atoms with E-state index < -0.39 is 0 Å². The van der Waals surface area contributed by atoms with Crippen molar-refractivity contribution in [2.24, 2.45) is 0 Å². The predicted molar refractivity (Wildman–Crippen MR) is 333 cm³/mol. The van der Waals surface area contributed by atoms with Crippen molar-refractivity contribution in [3.63, 3.8) is 0 Å². The summed E-state index contributed by atoms with van der Waals surface area (Å²) in [5.74, 6) is 0.453. The molecule has 1 heterocycles. The summed E-state index contributed by atoms with van der Waals surface area (Å²) >= 11 is 0. The van der Waals surface area contributed by atoms with E-state index in [1.54, 1.807) is 0 Å². The van der Waals surface area contributed by atoms with Crippen LogP contribution in [-0.4, -0.2) is 0 Å². The summed E-state index contributed by atoms with van der Waals surface area (Å²) in [5.41, 5.74) is 20.3. The van der Waals surface area contributed by atoms with Crippen LogP contribution in [0, 0.1) is 0 Å². The van der Waals surface area contributed by atoms with E-state index in [2.05, 4.69) is 311 Å². The van der Waals surface area contributed by atoms with Crippen molar-refractivity contribution >= 4 is 77.6 Å². The van der Waals surface area contributed by atoms with Crippen LogP contribution < -0.4 is 9.80 Å². The predicted octanol–water partition coefficient (Wildman–Crippen LogP) is 21.9. The SMILES string of the molecule is CC(C)c1ccc(-c2ccccc2N(c2ccc3cc4c(cc3c2)oc2cc3cc(N(c5cccc(-c6ccccc6)c5)c5ccccc5-c5ccc(C(C)(C)C)cc5)ccc3cc24)c2ccccc2-c2ccccc2)cc1. The Morgan fingerprint density at radius 3 is 1.26 bits per heavy atom. The van der Waals surface area contributed by atoms with Crippen molar-refractivity contribution < 1.29 is 4.42 Å². The zero-order valence-electron chi connectivity index (χ0n) is 44.8. The second kappa shape index (κ2) is 19.9. The number of nitrogens with zero attached hydrogens (tertiary/aromatic N) is 2. The Balaban J connectivity index is 0.934. The van der Waals surface area contributed by atoms with Gasteiger partial charge in [0, 0.05) is 44.5 Å². The van der Waals surface area contributed by atoms with Gasteiger partial charge < -0.3 is 14.2 Å². The first-order valence-electron chi connectivity index (χ1n) is 27.2. The van der Waals surface area contributed by atoms with E-state index in [-0.39, 0.29) is 5.41 Å². The average Bonchev–Trinajstić information content (AvgIpc) is 4.01. The summed E-state index contributed by atoms with van der Waals surface area (Å²) in [6.07, 6.45) is 0. The molecule has 0 spiro atoms. The molecule has 0 bridgehead atoms. The van der Waals surface area contributed by atoms with Crippen LogP contribution >= 0.6 is 0 Å². The molecule has 0 saturated carbocycles. The van der Waals surface area contributed by atoms with Crippen molar-refractivity contribution in [1.82, 2.24) is 0 Å². The van der Waals surface area contributed by atoms with Crippen molar-refractivity contribution in [2.75, 3.05) is 9.80 Å². The van der Waals surface area contributed by atoms with Crippen LogP contribution in [0.15, 0.2) is 271 Å².